The summed E-state index contributed by atoms with van der Waals surface area (Å²) in [5.74, 6) is 2.51. The number of benzene rings is 8. The number of hydrogen-bond donors (Lipinski definition) is 2. The van der Waals surface area contributed by atoms with Crippen molar-refractivity contribution in [3.8, 4) is 0 Å². The van der Waals surface area contributed by atoms with Crippen LogP contribution < -0.4 is 22.2 Å². The molecule has 0 saturated carbocycles. The second-order valence-electron chi connectivity index (χ2n) is 17.7. The number of aromatic nitrogens is 12. The summed E-state index contributed by atoms with van der Waals surface area (Å²) in [7, 11) is 3.86. The van der Waals surface area contributed by atoms with Gasteiger partial charge in [-0.1, -0.05) is 97.1 Å². The molecule has 2 N–H and O–H groups in total. The van der Waals surface area contributed by atoms with Gasteiger partial charge in [0.05, 0.1) is 87.7 Å². The zero-order chi connectivity index (χ0) is 50.2. The second kappa shape index (κ2) is 17.1. The Labute approximate surface area is 415 Å². The topological polar surface area (TPSA) is 179 Å². The maximum absolute atomic E-state index is 12.6. The molecule has 16 aromatic rings. The monoisotopic (exact) mass is 968 g/mol. The second-order valence-corrected chi connectivity index (χ2v) is 17.7. The Hall–Kier alpha value is -10.5. The standard InChI is InChI=1S/2C15H11N3O.2C14H9N3O/c1-17-12-8-4-2-6-10(12)14(19)18-13-9-5-3-7-11(13)16-15(17)18;1-17-12-8-4-5-9-13(12)18-14(19)10-6-2-3-7-11(10)16-15(17)18;2*18-13-9-5-1-2-6-10(9)15-14-16-11-7-3-4-8-12(11)17(13)14/h2*2-9H,1H3;2*1-8H,(H,15,16). The number of hydrogen-bond acceptors (Lipinski definition) is 8. The van der Waals surface area contributed by atoms with Gasteiger partial charge < -0.3 is 19.1 Å². The van der Waals surface area contributed by atoms with E-state index in [1.807, 2.05) is 205 Å². The fourth-order valence-corrected chi connectivity index (χ4v) is 9.89. The van der Waals surface area contributed by atoms with E-state index in [0.717, 1.165) is 55.2 Å². The molecule has 0 radical (unpaired) electrons. The fraction of sp³-hybridized carbons (Fsp3) is 0.0345. The first-order valence-electron chi connectivity index (χ1n) is 23.7. The van der Waals surface area contributed by atoms with Crippen LogP contribution >= 0.6 is 0 Å². The van der Waals surface area contributed by atoms with E-state index in [-0.39, 0.29) is 22.2 Å². The van der Waals surface area contributed by atoms with Crippen LogP contribution in [0, 0.1) is 0 Å². The van der Waals surface area contributed by atoms with Crippen molar-refractivity contribution >= 4 is 111 Å². The molecular weight excluding hydrogens is 929 g/mol. The molecule has 0 aliphatic carbocycles. The van der Waals surface area contributed by atoms with Crippen LogP contribution in [-0.2, 0) is 14.1 Å². The van der Waals surface area contributed by atoms with E-state index in [0.29, 0.717) is 55.7 Å². The molecular formula is C58H40N12O4. The number of aryl methyl sites for hydroxylation is 2. The van der Waals surface area contributed by atoms with Gasteiger partial charge in [0.2, 0.25) is 23.1 Å². The Morgan fingerprint density at radius 1 is 0.297 bits per heavy atom. The van der Waals surface area contributed by atoms with Crippen LogP contribution in [0.3, 0.4) is 0 Å². The molecule has 0 bridgehead atoms. The average molecular weight is 969 g/mol. The van der Waals surface area contributed by atoms with Gasteiger partial charge >= 0.3 is 0 Å². The van der Waals surface area contributed by atoms with Crippen molar-refractivity contribution in [1.82, 2.24) is 56.6 Å². The number of nitrogens with one attached hydrogen (secondary N) is 2. The molecule has 8 aromatic carbocycles. The van der Waals surface area contributed by atoms with Gasteiger partial charge in [-0.05, 0) is 97.1 Å². The van der Waals surface area contributed by atoms with Crippen molar-refractivity contribution in [1.29, 1.82) is 0 Å². The van der Waals surface area contributed by atoms with Crippen LogP contribution in [-0.4, -0.2) is 56.6 Å². The first kappa shape index (κ1) is 43.5. The highest BCUT2D eigenvalue weighted by Crippen LogP contribution is 2.21. The zero-order valence-electron chi connectivity index (χ0n) is 39.6. The van der Waals surface area contributed by atoms with Gasteiger partial charge in [-0.15, -0.1) is 0 Å². The lowest BCUT2D eigenvalue weighted by Crippen LogP contribution is -2.17. The molecule has 0 aliphatic rings. The SMILES string of the molecule is Cn1c2ccccc2c(=O)n2c3ccccc3nc12.Cn1c2ccccc2n2c(=O)c3ccccc3nc12.O=c1c2ccccc2nc2[nH]c3ccccc3n12.O=c1c2ccccc2nc2[nH]c3ccccc3n12. The molecule has 0 unspecified atom stereocenters. The number of nitrogens with zero attached hydrogens (tertiary/aromatic N) is 10. The van der Waals surface area contributed by atoms with E-state index in [2.05, 4.69) is 29.9 Å². The smallest absolute Gasteiger partial charge is 0.267 e. The Balaban J connectivity index is 0.0000000952. The molecule has 356 valence electrons. The molecule has 16 nitrogen and oxygen atoms in total. The molecule has 16 heteroatoms. The molecule has 8 heterocycles. The highest BCUT2D eigenvalue weighted by Gasteiger charge is 2.15. The zero-order valence-corrected chi connectivity index (χ0v) is 39.6. The summed E-state index contributed by atoms with van der Waals surface area (Å²) in [6.45, 7) is 0. The maximum atomic E-state index is 12.6. The molecule has 0 spiro atoms. The lowest BCUT2D eigenvalue weighted by atomic mass is 10.2. The molecule has 0 amide bonds. The summed E-state index contributed by atoms with van der Waals surface area (Å²) in [5.41, 5.74) is 10.1. The van der Waals surface area contributed by atoms with Crippen LogP contribution in [0.1, 0.15) is 0 Å². The summed E-state index contributed by atoms with van der Waals surface area (Å²) in [4.78, 5) is 74.6. The number of H-pyrrole nitrogens is 2. The summed E-state index contributed by atoms with van der Waals surface area (Å²) in [6, 6.07) is 60.8. The van der Waals surface area contributed by atoms with Crippen molar-refractivity contribution in [2.45, 2.75) is 0 Å². The number of imidazole rings is 4. The van der Waals surface area contributed by atoms with E-state index in [1.165, 1.54) is 0 Å². The third kappa shape index (κ3) is 6.84. The summed E-state index contributed by atoms with van der Waals surface area (Å²) >= 11 is 0. The Bertz CT molecular complexity index is 5010. The van der Waals surface area contributed by atoms with E-state index in [9.17, 15) is 19.2 Å². The number of fused-ring (bicyclic) bond motifs is 16. The van der Waals surface area contributed by atoms with E-state index in [1.54, 1.807) is 29.7 Å². The normalized spacial score (nSPS) is 11.6. The van der Waals surface area contributed by atoms with Gasteiger partial charge in [-0.3, -0.25) is 19.2 Å². The Morgan fingerprint density at radius 3 is 1.15 bits per heavy atom. The highest BCUT2D eigenvalue weighted by molar-refractivity contribution is 5.89. The van der Waals surface area contributed by atoms with Gasteiger partial charge in [0.1, 0.15) is 0 Å². The van der Waals surface area contributed by atoms with Crippen molar-refractivity contribution in [2.75, 3.05) is 0 Å². The summed E-state index contributed by atoms with van der Waals surface area (Å²) < 4.78 is 10.5. The molecule has 0 aliphatic heterocycles. The van der Waals surface area contributed by atoms with E-state index >= 15 is 0 Å². The molecule has 0 fully saturated rings. The first-order chi connectivity index (χ1) is 36.2. The third-order valence-corrected chi connectivity index (χ3v) is 13.4. The quantitative estimate of drug-likeness (QED) is 0.151. The third-order valence-electron chi connectivity index (χ3n) is 13.4. The Morgan fingerprint density at radius 2 is 0.622 bits per heavy atom. The van der Waals surface area contributed by atoms with Crippen LogP contribution in [0.5, 0.6) is 0 Å². The lowest BCUT2D eigenvalue weighted by Gasteiger charge is -2.06. The van der Waals surface area contributed by atoms with Crippen LogP contribution in [0.15, 0.2) is 213 Å². The minimum Gasteiger partial charge on any atom is -0.323 e. The Kier molecular flexibility index (Phi) is 10.1. The number of rotatable bonds is 0. The molecule has 74 heavy (non-hydrogen) atoms. The molecule has 0 saturated heterocycles. The van der Waals surface area contributed by atoms with Crippen LogP contribution in [0.2, 0.25) is 0 Å². The van der Waals surface area contributed by atoms with Crippen molar-refractivity contribution in [3.63, 3.8) is 0 Å². The highest BCUT2D eigenvalue weighted by atomic mass is 16.1. The predicted molar refractivity (Wildman–Crippen MR) is 293 cm³/mol. The van der Waals surface area contributed by atoms with Crippen molar-refractivity contribution < 1.29 is 0 Å². The lowest BCUT2D eigenvalue weighted by molar-refractivity contribution is 0.921. The van der Waals surface area contributed by atoms with Crippen molar-refractivity contribution in [2.24, 2.45) is 14.1 Å². The molecule has 0 atom stereocenters. The van der Waals surface area contributed by atoms with E-state index in [4.69, 9.17) is 0 Å². The number of para-hydroxylation sites is 12. The first-order valence-corrected chi connectivity index (χ1v) is 23.7. The van der Waals surface area contributed by atoms with Gasteiger partial charge in [0, 0.05) is 14.1 Å². The summed E-state index contributed by atoms with van der Waals surface area (Å²) in [5, 5.41) is 2.64. The van der Waals surface area contributed by atoms with Crippen LogP contribution in [0.4, 0.5) is 0 Å². The predicted octanol–water partition coefficient (Wildman–Crippen LogP) is 9.34. The minimum atomic E-state index is -0.0342. The van der Waals surface area contributed by atoms with Gasteiger partial charge in [-0.2, -0.15) is 0 Å². The van der Waals surface area contributed by atoms with Gasteiger partial charge in [0.15, 0.2) is 0 Å². The molecule has 16 rings (SSSR count). The van der Waals surface area contributed by atoms with Crippen LogP contribution in [0.25, 0.3) is 111 Å². The minimum absolute atomic E-state index is 0.0163. The number of aromatic amines is 2. The van der Waals surface area contributed by atoms with Gasteiger partial charge in [-0.25, -0.2) is 37.5 Å². The maximum Gasteiger partial charge on any atom is 0.267 e. The van der Waals surface area contributed by atoms with Crippen molar-refractivity contribution in [3.05, 3.63) is 236 Å². The van der Waals surface area contributed by atoms with Gasteiger partial charge in [0.25, 0.3) is 22.2 Å². The molecule has 8 aromatic heterocycles. The summed E-state index contributed by atoms with van der Waals surface area (Å²) in [6.07, 6.45) is 0. The fourth-order valence-electron chi connectivity index (χ4n) is 9.89. The largest absolute Gasteiger partial charge is 0.323 e. The van der Waals surface area contributed by atoms with E-state index < -0.39 is 0 Å². The average Bonchev–Trinajstić information content (AvgIpc) is 4.21.